The lowest BCUT2D eigenvalue weighted by molar-refractivity contribution is -0.143. The topological polar surface area (TPSA) is 85.4 Å². The minimum Gasteiger partial charge on any atom is -0.482 e. The highest BCUT2D eigenvalue weighted by atomic mass is 32.1. The van der Waals surface area contributed by atoms with E-state index in [1.807, 2.05) is 26.0 Å². The number of hydrogen-bond donors (Lipinski definition) is 1. The third kappa shape index (κ3) is 5.69. The molecule has 2 unspecified atom stereocenters. The molecule has 7 heteroatoms. The molecule has 1 saturated heterocycles. The van der Waals surface area contributed by atoms with Crippen LogP contribution in [0.2, 0.25) is 0 Å². The lowest BCUT2D eigenvalue weighted by atomic mass is 9.82. The number of ketones is 2. The van der Waals surface area contributed by atoms with Gasteiger partial charge >= 0.3 is 0 Å². The maximum Gasteiger partial charge on any atom is 0.287 e. The predicted octanol–water partition coefficient (Wildman–Crippen LogP) is 2.25. The molecule has 1 amide bonds. The second-order valence-corrected chi connectivity index (χ2v) is 7.31. The number of hydrogen-bond acceptors (Lipinski definition) is 6. The summed E-state index contributed by atoms with van der Waals surface area (Å²) in [6.07, 6.45) is 4.30. The van der Waals surface area contributed by atoms with Crippen molar-refractivity contribution < 1.29 is 19.1 Å². The zero-order valence-corrected chi connectivity index (χ0v) is 15.9. The fourth-order valence-corrected chi connectivity index (χ4v) is 3.20. The Kier molecular flexibility index (Phi) is 7.38. The lowest BCUT2D eigenvalue weighted by Crippen LogP contribution is -2.43. The minimum absolute atomic E-state index is 0.0413. The summed E-state index contributed by atoms with van der Waals surface area (Å²) < 4.78 is 5.60. The van der Waals surface area contributed by atoms with Gasteiger partial charge in [0.05, 0.1) is 0 Å². The van der Waals surface area contributed by atoms with Gasteiger partial charge in [-0.15, -0.1) is 0 Å². The van der Waals surface area contributed by atoms with Gasteiger partial charge in [-0.1, -0.05) is 19.9 Å². The Bertz CT molecular complexity index is 675. The van der Waals surface area contributed by atoms with Gasteiger partial charge in [-0.2, -0.15) is 0 Å². The van der Waals surface area contributed by atoms with Crippen LogP contribution in [0.5, 0.6) is 0 Å². The van der Waals surface area contributed by atoms with E-state index in [2.05, 4.69) is 10.3 Å². The first-order chi connectivity index (χ1) is 12.4. The van der Waals surface area contributed by atoms with E-state index in [0.717, 1.165) is 5.56 Å². The maximum absolute atomic E-state index is 12.7. The summed E-state index contributed by atoms with van der Waals surface area (Å²) in [6, 6.07) is 3.71. The minimum atomic E-state index is -0.592. The lowest BCUT2D eigenvalue weighted by Gasteiger charge is -2.24. The molecule has 0 aliphatic carbocycles. The SMILES string of the molecule is CC(C)C(CC(=S)OCc1cccnc1)C(=O)CC1CCNC(=O)C1=O. The Morgan fingerprint density at radius 1 is 1.42 bits per heavy atom. The number of Topliss-reactive ketones (excluding diaryl/α,β-unsaturated/α-hetero) is 2. The van der Waals surface area contributed by atoms with Gasteiger partial charge in [0, 0.05) is 49.2 Å². The number of piperidine rings is 1. The number of carbonyl (C=O) groups excluding carboxylic acids is 3. The molecule has 0 saturated carbocycles. The zero-order valence-electron chi connectivity index (χ0n) is 15.1. The molecular weight excluding hydrogens is 352 g/mol. The second kappa shape index (κ2) is 9.52. The van der Waals surface area contributed by atoms with Gasteiger partial charge in [-0.05, 0) is 30.6 Å². The van der Waals surface area contributed by atoms with Gasteiger partial charge in [0.15, 0.2) is 5.05 Å². The van der Waals surface area contributed by atoms with E-state index < -0.39 is 17.6 Å². The molecule has 2 atom stereocenters. The van der Waals surface area contributed by atoms with Gasteiger partial charge in [0.2, 0.25) is 5.78 Å². The van der Waals surface area contributed by atoms with Crippen molar-refractivity contribution in [2.75, 3.05) is 6.54 Å². The first-order valence-electron chi connectivity index (χ1n) is 8.77. The number of ether oxygens (including phenoxy) is 1. The van der Waals surface area contributed by atoms with Gasteiger partial charge in [-0.25, -0.2) is 0 Å². The fourth-order valence-electron chi connectivity index (χ4n) is 2.96. The van der Waals surface area contributed by atoms with Crippen LogP contribution in [-0.2, 0) is 25.7 Å². The van der Waals surface area contributed by atoms with Crippen molar-refractivity contribution in [3.05, 3.63) is 30.1 Å². The summed E-state index contributed by atoms with van der Waals surface area (Å²) in [6.45, 7) is 4.64. The molecule has 0 aromatic carbocycles. The van der Waals surface area contributed by atoms with Crippen LogP contribution in [0.25, 0.3) is 0 Å². The van der Waals surface area contributed by atoms with Crippen LogP contribution < -0.4 is 5.32 Å². The number of nitrogens with one attached hydrogen (secondary N) is 1. The van der Waals surface area contributed by atoms with E-state index >= 15 is 0 Å². The highest BCUT2D eigenvalue weighted by molar-refractivity contribution is 7.80. The number of carbonyl (C=O) groups is 3. The molecule has 2 rings (SSSR count). The highest BCUT2D eigenvalue weighted by Crippen LogP contribution is 2.24. The van der Waals surface area contributed by atoms with Crippen molar-refractivity contribution in [1.82, 2.24) is 10.3 Å². The summed E-state index contributed by atoms with van der Waals surface area (Å²) >= 11 is 5.29. The van der Waals surface area contributed by atoms with Gasteiger partial charge in [0.25, 0.3) is 5.91 Å². The van der Waals surface area contributed by atoms with Crippen LogP contribution >= 0.6 is 12.2 Å². The molecule has 1 aromatic rings. The third-order valence-corrected chi connectivity index (χ3v) is 4.83. The Labute approximate surface area is 158 Å². The Hall–Kier alpha value is -2.15. The number of thiocarbonyl (C=S) groups is 1. The van der Waals surface area contributed by atoms with E-state index in [9.17, 15) is 14.4 Å². The van der Waals surface area contributed by atoms with Crippen molar-refractivity contribution >= 4 is 34.7 Å². The molecule has 1 N–H and O–H groups in total. The van der Waals surface area contributed by atoms with Crippen LogP contribution in [-0.4, -0.2) is 34.1 Å². The summed E-state index contributed by atoms with van der Waals surface area (Å²) in [5.41, 5.74) is 0.904. The molecule has 6 nitrogen and oxygen atoms in total. The Morgan fingerprint density at radius 2 is 2.19 bits per heavy atom. The fraction of sp³-hybridized carbons (Fsp3) is 0.526. The summed E-state index contributed by atoms with van der Waals surface area (Å²) in [5, 5.41) is 2.87. The molecule has 1 aliphatic rings. The van der Waals surface area contributed by atoms with E-state index in [1.165, 1.54) is 0 Å². The Balaban J connectivity index is 1.90. The first-order valence-corrected chi connectivity index (χ1v) is 9.18. The standard InChI is InChI=1S/C19H24N2O4S/c1-12(2)15(9-17(26)25-11-13-4-3-6-20-10-13)16(22)8-14-5-7-21-19(24)18(14)23/h3-4,6,10,12,14-15H,5,7-9,11H2,1-2H3,(H,21,24). The molecule has 0 bridgehead atoms. The van der Waals surface area contributed by atoms with Gasteiger partial charge < -0.3 is 10.1 Å². The van der Waals surface area contributed by atoms with Crippen molar-refractivity contribution in [3.8, 4) is 0 Å². The van der Waals surface area contributed by atoms with Crippen LogP contribution in [0.4, 0.5) is 0 Å². The molecule has 1 aromatic heterocycles. The van der Waals surface area contributed by atoms with Crippen LogP contribution in [0.15, 0.2) is 24.5 Å². The van der Waals surface area contributed by atoms with Crippen LogP contribution in [0, 0.1) is 17.8 Å². The largest absolute Gasteiger partial charge is 0.482 e. The number of aromatic nitrogens is 1. The highest BCUT2D eigenvalue weighted by Gasteiger charge is 2.34. The Morgan fingerprint density at radius 3 is 2.85 bits per heavy atom. The van der Waals surface area contributed by atoms with E-state index in [4.69, 9.17) is 17.0 Å². The van der Waals surface area contributed by atoms with Crippen molar-refractivity contribution in [3.63, 3.8) is 0 Å². The summed E-state index contributed by atoms with van der Waals surface area (Å²) in [7, 11) is 0. The summed E-state index contributed by atoms with van der Waals surface area (Å²) in [5.74, 6) is -1.92. The predicted molar refractivity (Wildman–Crippen MR) is 100 cm³/mol. The number of rotatable bonds is 8. The van der Waals surface area contributed by atoms with Crippen molar-refractivity contribution in [2.45, 2.75) is 39.7 Å². The van der Waals surface area contributed by atoms with E-state index in [1.54, 1.807) is 12.4 Å². The molecular formula is C19H24N2O4S. The monoisotopic (exact) mass is 376 g/mol. The molecule has 0 radical (unpaired) electrons. The quantitative estimate of drug-likeness (QED) is 0.553. The number of amides is 1. The van der Waals surface area contributed by atoms with Crippen molar-refractivity contribution in [1.29, 1.82) is 0 Å². The normalized spacial score (nSPS) is 18.3. The zero-order chi connectivity index (χ0) is 19.1. The molecule has 140 valence electrons. The molecule has 1 aliphatic heterocycles. The van der Waals surface area contributed by atoms with Crippen LogP contribution in [0.3, 0.4) is 0 Å². The van der Waals surface area contributed by atoms with E-state index in [-0.39, 0.29) is 24.0 Å². The second-order valence-electron chi connectivity index (χ2n) is 6.85. The average Bonchev–Trinajstić information content (AvgIpc) is 2.62. The first kappa shape index (κ1) is 20.2. The molecule has 1 fully saturated rings. The van der Waals surface area contributed by atoms with Gasteiger partial charge in [0.1, 0.15) is 12.4 Å². The number of pyridine rings is 1. The third-order valence-electron chi connectivity index (χ3n) is 4.55. The van der Waals surface area contributed by atoms with E-state index in [0.29, 0.717) is 31.0 Å². The number of nitrogens with zero attached hydrogens (tertiary/aromatic N) is 1. The molecule has 2 heterocycles. The van der Waals surface area contributed by atoms with Crippen LogP contribution in [0.1, 0.15) is 38.7 Å². The smallest absolute Gasteiger partial charge is 0.287 e. The van der Waals surface area contributed by atoms with Gasteiger partial charge in [-0.3, -0.25) is 19.4 Å². The molecule has 26 heavy (non-hydrogen) atoms. The average molecular weight is 376 g/mol. The summed E-state index contributed by atoms with van der Waals surface area (Å²) in [4.78, 5) is 40.1. The van der Waals surface area contributed by atoms with Crippen molar-refractivity contribution in [2.24, 2.45) is 17.8 Å². The molecule has 0 spiro atoms. The maximum atomic E-state index is 12.7.